The Kier molecular flexibility index (Phi) is 11.5. The Hall–Kier alpha value is -3.67. The lowest BCUT2D eigenvalue weighted by atomic mass is 10.0. The number of likely N-dealkylation sites (N-methyl/N-ethyl adjacent to an activating group) is 1. The number of hydrogen-bond acceptors (Lipinski definition) is 9. The molecule has 3 atom stereocenters. The van der Waals surface area contributed by atoms with E-state index < -0.39 is 18.1 Å². The number of nitrogens with one attached hydrogen (secondary N) is 2. The first kappa shape index (κ1) is 33.7. The van der Waals surface area contributed by atoms with Crippen LogP contribution in [0.25, 0.3) is 0 Å². The van der Waals surface area contributed by atoms with Crippen molar-refractivity contribution in [2.45, 2.75) is 37.6 Å². The van der Waals surface area contributed by atoms with Crippen LogP contribution in [-0.2, 0) is 27.2 Å². The molecule has 0 saturated carbocycles. The number of aromatic nitrogens is 1. The second kappa shape index (κ2) is 15.8. The fraction of sp³-hybridized carbons (Fsp3) is 0.324. The zero-order chi connectivity index (χ0) is 32.6. The van der Waals surface area contributed by atoms with Crippen molar-refractivity contribution in [3.8, 4) is 11.5 Å². The van der Waals surface area contributed by atoms with Gasteiger partial charge in [0.15, 0.2) is 23.9 Å². The number of H-pyrrole nitrogens is 1. The number of pyridine rings is 1. The molecule has 2 aromatic carbocycles. The van der Waals surface area contributed by atoms with E-state index in [0.29, 0.717) is 50.7 Å². The molecule has 0 radical (unpaired) electrons. The largest absolute Gasteiger partial charge is 0.493 e. The predicted molar refractivity (Wildman–Crippen MR) is 177 cm³/mol. The lowest BCUT2D eigenvalue weighted by molar-refractivity contribution is -0.377. The smallest absolute Gasteiger partial charge is 0.348 e. The molecule has 0 amide bonds. The van der Waals surface area contributed by atoms with Crippen LogP contribution in [0.2, 0.25) is 10.0 Å². The van der Waals surface area contributed by atoms with Gasteiger partial charge in [0, 0.05) is 29.4 Å². The quantitative estimate of drug-likeness (QED) is 0.159. The summed E-state index contributed by atoms with van der Waals surface area (Å²) in [7, 11) is 5.12. The maximum Gasteiger partial charge on any atom is 0.348 e. The van der Waals surface area contributed by atoms with Gasteiger partial charge in [0.05, 0.1) is 14.2 Å². The molecule has 2 N–H and O–H groups in total. The van der Waals surface area contributed by atoms with Crippen molar-refractivity contribution in [1.82, 2.24) is 10.2 Å². The van der Waals surface area contributed by atoms with Gasteiger partial charge in [0.25, 0.3) is 0 Å². The molecule has 46 heavy (non-hydrogen) atoms. The number of thiophene rings is 1. The van der Waals surface area contributed by atoms with Crippen LogP contribution < -0.4 is 19.8 Å². The van der Waals surface area contributed by atoms with Gasteiger partial charge in [-0.25, -0.2) is 14.6 Å². The van der Waals surface area contributed by atoms with Crippen molar-refractivity contribution in [3.63, 3.8) is 0 Å². The van der Waals surface area contributed by atoms with Gasteiger partial charge >= 0.3 is 11.9 Å². The van der Waals surface area contributed by atoms with Crippen molar-refractivity contribution >= 4 is 46.5 Å². The van der Waals surface area contributed by atoms with Crippen LogP contribution in [0.5, 0.6) is 11.5 Å². The maximum absolute atomic E-state index is 13.5. The number of carbonyl (C=O) groups is 2. The van der Waals surface area contributed by atoms with Crippen LogP contribution in [0.3, 0.4) is 0 Å². The van der Waals surface area contributed by atoms with E-state index in [1.165, 1.54) is 11.3 Å². The molecule has 3 heterocycles. The third-order valence-electron chi connectivity index (χ3n) is 7.98. The zero-order valence-corrected chi connectivity index (χ0v) is 28.1. The Morgan fingerprint density at radius 3 is 2.39 bits per heavy atom. The molecular weight excluding hydrogens is 649 g/mol. The lowest BCUT2D eigenvalue weighted by Gasteiger charge is -2.37. The Bertz CT molecular complexity index is 1630. The van der Waals surface area contributed by atoms with Gasteiger partial charge in [-0.2, -0.15) is 0 Å². The minimum absolute atomic E-state index is 0.227. The number of likely N-dealkylation sites (tertiary alicyclic amines) is 1. The first-order valence-corrected chi connectivity index (χ1v) is 16.4. The SMILES string of the molecule is COc1ccc([C@H](Cc2c(Cl)c[nH+]cc2Cl)OC(=O)c2ccc(CNC(C(=O)OC[C@@H]3CCN3C)c3ccccc3)s2)cc1OC. The van der Waals surface area contributed by atoms with Crippen molar-refractivity contribution in [2.24, 2.45) is 0 Å². The van der Waals surface area contributed by atoms with E-state index >= 15 is 0 Å². The third-order valence-corrected chi connectivity index (χ3v) is 9.72. The molecule has 0 spiro atoms. The molecule has 4 aromatic rings. The molecule has 9 nitrogen and oxygen atoms in total. The summed E-state index contributed by atoms with van der Waals surface area (Å²) >= 11 is 14.2. The standard InChI is InChI=1S/C34H35Cl2N3O6S/c1-39-14-13-23(39)20-44-34(41)32(21-7-5-4-6-8-21)38-17-24-10-12-31(46-24)33(40)45-29(16-25-26(35)18-37-19-27(25)36)22-9-11-28(42-2)30(15-22)43-3/h4-12,15,18-19,23,29,32,38H,13-14,16-17,20H2,1-3H3/p+1/t23-,29-,32?/m0/s1. The Morgan fingerprint density at radius 2 is 1.74 bits per heavy atom. The van der Waals surface area contributed by atoms with E-state index in [2.05, 4.69) is 15.2 Å². The number of methoxy groups -OCH3 is 2. The fourth-order valence-corrected chi connectivity index (χ4v) is 6.51. The minimum Gasteiger partial charge on any atom is -0.493 e. The average molecular weight is 686 g/mol. The van der Waals surface area contributed by atoms with Crippen LogP contribution in [0, 0.1) is 0 Å². The van der Waals surface area contributed by atoms with Gasteiger partial charge in [-0.05, 0) is 55.4 Å². The molecule has 242 valence electrons. The highest BCUT2D eigenvalue weighted by Gasteiger charge is 2.29. The Balaban J connectivity index is 1.30. The van der Waals surface area contributed by atoms with Gasteiger partial charge in [-0.1, -0.05) is 59.6 Å². The number of esters is 2. The normalized spacial score (nSPS) is 15.8. The lowest BCUT2D eigenvalue weighted by Crippen LogP contribution is -2.48. The fourth-order valence-electron chi connectivity index (χ4n) is 5.13. The molecule has 1 aliphatic heterocycles. The van der Waals surface area contributed by atoms with Gasteiger partial charge in [-0.15, -0.1) is 11.3 Å². The summed E-state index contributed by atoms with van der Waals surface area (Å²) in [5.74, 6) is 0.200. The zero-order valence-electron chi connectivity index (χ0n) is 25.8. The van der Waals surface area contributed by atoms with Gasteiger partial charge in [0.2, 0.25) is 0 Å². The molecule has 1 aliphatic rings. The number of aromatic amines is 1. The first-order valence-electron chi connectivity index (χ1n) is 14.8. The summed E-state index contributed by atoms with van der Waals surface area (Å²) < 4.78 is 22.7. The van der Waals surface area contributed by atoms with E-state index in [9.17, 15) is 9.59 Å². The van der Waals surface area contributed by atoms with E-state index in [0.717, 1.165) is 23.4 Å². The highest BCUT2D eigenvalue weighted by molar-refractivity contribution is 7.13. The molecule has 0 aliphatic carbocycles. The molecule has 1 fully saturated rings. The minimum atomic E-state index is -0.736. The van der Waals surface area contributed by atoms with E-state index in [1.807, 2.05) is 49.5 Å². The third kappa shape index (κ3) is 8.18. The summed E-state index contributed by atoms with van der Waals surface area (Å²) in [5.41, 5.74) is 2.12. The van der Waals surface area contributed by atoms with Crippen molar-refractivity contribution in [2.75, 3.05) is 34.4 Å². The molecule has 1 saturated heterocycles. The summed E-state index contributed by atoms with van der Waals surface area (Å²) in [5, 5.41) is 4.16. The number of rotatable bonds is 14. The maximum atomic E-state index is 13.5. The topological polar surface area (TPSA) is 100 Å². The second-order valence-electron chi connectivity index (χ2n) is 10.9. The molecule has 0 bridgehead atoms. The van der Waals surface area contributed by atoms with Crippen LogP contribution >= 0.6 is 34.5 Å². The number of halogens is 2. The second-order valence-corrected chi connectivity index (χ2v) is 12.9. The number of nitrogens with zero attached hydrogens (tertiary/aromatic N) is 1. The molecular formula is C34H36Cl2N3O6S+. The number of ether oxygens (including phenoxy) is 4. The van der Waals surface area contributed by atoms with Gasteiger partial charge in [0.1, 0.15) is 33.7 Å². The van der Waals surface area contributed by atoms with Crippen LogP contribution in [0.15, 0.2) is 73.1 Å². The van der Waals surface area contributed by atoms with Gasteiger partial charge < -0.3 is 18.9 Å². The summed E-state index contributed by atoms with van der Waals surface area (Å²) in [6.07, 6.45) is 3.75. The number of benzene rings is 2. The summed E-state index contributed by atoms with van der Waals surface area (Å²) in [4.78, 5) is 33.0. The van der Waals surface area contributed by atoms with E-state index in [-0.39, 0.29) is 18.4 Å². The predicted octanol–water partition coefficient (Wildman–Crippen LogP) is 6.11. The highest BCUT2D eigenvalue weighted by Crippen LogP contribution is 2.36. The number of hydrogen-bond donors (Lipinski definition) is 1. The molecule has 1 unspecified atom stereocenters. The summed E-state index contributed by atoms with van der Waals surface area (Å²) in [6.45, 7) is 1.71. The monoisotopic (exact) mass is 684 g/mol. The molecule has 5 rings (SSSR count). The molecule has 2 aromatic heterocycles. The van der Waals surface area contributed by atoms with Crippen LogP contribution in [0.1, 0.15) is 49.8 Å². The van der Waals surface area contributed by atoms with Gasteiger partial charge in [-0.3, -0.25) is 10.2 Å². The van der Waals surface area contributed by atoms with Crippen LogP contribution in [0.4, 0.5) is 0 Å². The average Bonchev–Trinajstić information content (AvgIpc) is 3.54. The Labute approximate surface area is 282 Å². The van der Waals surface area contributed by atoms with E-state index in [4.69, 9.17) is 42.1 Å². The summed E-state index contributed by atoms with van der Waals surface area (Å²) in [6, 6.07) is 18.0. The van der Waals surface area contributed by atoms with Crippen molar-refractivity contribution in [1.29, 1.82) is 0 Å². The van der Waals surface area contributed by atoms with Crippen molar-refractivity contribution in [3.05, 3.63) is 110 Å². The van der Waals surface area contributed by atoms with E-state index in [1.54, 1.807) is 44.8 Å². The van der Waals surface area contributed by atoms with Crippen LogP contribution in [-0.4, -0.2) is 57.3 Å². The molecule has 12 heteroatoms. The van der Waals surface area contributed by atoms with Crippen molar-refractivity contribution < 1.29 is 33.5 Å². The number of carbonyl (C=O) groups excluding carboxylic acids is 2. The Morgan fingerprint density at radius 1 is 1.00 bits per heavy atom. The highest BCUT2D eigenvalue weighted by atomic mass is 35.5. The first-order chi connectivity index (χ1) is 22.3.